The molecule has 102 valence electrons. The van der Waals surface area contributed by atoms with E-state index in [1.54, 1.807) is 12.3 Å². The first-order valence-electron chi connectivity index (χ1n) is 7.01. The van der Waals surface area contributed by atoms with Gasteiger partial charge in [-0.3, -0.25) is 10.1 Å². The Hall–Kier alpha value is -1.65. The van der Waals surface area contributed by atoms with Crippen LogP contribution in [0.2, 0.25) is 0 Å². The van der Waals surface area contributed by atoms with Gasteiger partial charge in [-0.25, -0.2) is 4.98 Å². The number of hydrogen-bond donors (Lipinski definition) is 1. The van der Waals surface area contributed by atoms with Crippen LogP contribution in [0.5, 0.6) is 0 Å². The van der Waals surface area contributed by atoms with Crippen LogP contribution < -0.4 is 5.32 Å². The molecule has 0 aromatic carbocycles. The van der Waals surface area contributed by atoms with Gasteiger partial charge in [0.25, 0.3) is 0 Å². The Morgan fingerprint density at radius 3 is 2.95 bits per heavy atom. The average molecular weight is 261 g/mol. The van der Waals surface area contributed by atoms with Crippen molar-refractivity contribution in [1.82, 2.24) is 4.98 Å². The maximum absolute atomic E-state index is 11.0. The molecule has 4 atom stereocenters. The molecule has 2 bridgehead atoms. The van der Waals surface area contributed by atoms with Crippen molar-refractivity contribution in [1.29, 1.82) is 0 Å². The number of anilines is 1. The summed E-state index contributed by atoms with van der Waals surface area (Å²) in [5.41, 5.74) is 0.0671. The minimum Gasteiger partial charge on any atom is -0.362 e. The maximum atomic E-state index is 11.0. The van der Waals surface area contributed by atoms with Crippen molar-refractivity contribution in [3.8, 4) is 0 Å². The molecule has 19 heavy (non-hydrogen) atoms. The Kier molecular flexibility index (Phi) is 3.12. The lowest BCUT2D eigenvalue weighted by Gasteiger charge is -2.28. The van der Waals surface area contributed by atoms with Crippen molar-refractivity contribution in [3.05, 3.63) is 28.4 Å². The largest absolute Gasteiger partial charge is 0.362 e. The highest BCUT2D eigenvalue weighted by molar-refractivity contribution is 5.55. The molecular weight excluding hydrogens is 242 g/mol. The summed E-state index contributed by atoms with van der Waals surface area (Å²) in [5.74, 6) is 2.73. The van der Waals surface area contributed by atoms with Crippen LogP contribution in [-0.2, 0) is 0 Å². The van der Waals surface area contributed by atoms with Crippen LogP contribution in [0.4, 0.5) is 11.5 Å². The summed E-state index contributed by atoms with van der Waals surface area (Å²) in [6, 6.07) is 3.36. The first-order chi connectivity index (χ1) is 9.15. The van der Waals surface area contributed by atoms with Crippen molar-refractivity contribution in [2.24, 2.45) is 17.8 Å². The molecule has 2 fully saturated rings. The molecule has 1 aromatic heterocycles. The number of hydrogen-bond acceptors (Lipinski definition) is 4. The molecule has 0 unspecified atom stereocenters. The van der Waals surface area contributed by atoms with Crippen LogP contribution in [0, 0.1) is 27.9 Å². The van der Waals surface area contributed by atoms with Crippen LogP contribution in [0.3, 0.4) is 0 Å². The molecule has 3 rings (SSSR count). The lowest BCUT2D eigenvalue weighted by molar-refractivity contribution is -0.384. The van der Waals surface area contributed by atoms with Crippen molar-refractivity contribution >= 4 is 11.5 Å². The number of aromatic nitrogens is 1. The minimum atomic E-state index is -0.372. The molecule has 0 amide bonds. The van der Waals surface area contributed by atoms with Crippen LogP contribution in [0.15, 0.2) is 18.3 Å². The zero-order chi connectivity index (χ0) is 13.4. The Labute approximate surface area is 112 Å². The summed E-state index contributed by atoms with van der Waals surface area (Å²) in [6.45, 7) is 2.13. The molecule has 5 nitrogen and oxygen atoms in total. The van der Waals surface area contributed by atoms with E-state index in [9.17, 15) is 10.1 Å². The van der Waals surface area contributed by atoms with Crippen molar-refractivity contribution in [2.45, 2.75) is 38.6 Å². The summed E-state index contributed by atoms with van der Waals surface area (Å²) in [5, 5.41) is 14.2. The minimum absolute atomic E-state index is 0.0671. The van der Waals surface area contributed by atoms with Crippen LogP contribution in [0.1, 0.15) is 32.6 Å². The predicted molar refractivity (Wildman–Crippen MR) is 72.9 cm³/mol. The topological polar surface area (TPSA) is 68.1 Å². The molecule has 1 heterocycles. The smallest absolute Gasteiger partial charge is 0.311 e. The maximum Gasteiger partial charge on any atom is 0.311 e. The van der Waals surface area contributed by atoms with Gasteiger partial charge in [0.2, 0.25) is 5.82 Å². The molecular formula is C14H19N3O2. The van der Waals surface area contributed by atoms with E-state index in [0.29, 0.717) is 11.7 Å². The van der Waals surface area contributed by atoms with Gasteiger partial charge in [-0.05, 0) is 50.0 Å². The van der Waals surface area contributed by atoms with E-state index < -0.39 is 0 Å². The number of nitrogens with one attached hydrogen (secondary N) is 1. The van der Waals surface area contributed by atoms with Gasteiger partial charge >= 0.3 is 5.69 Å². The van der Waals surface area contributed by atoms with E-state index in [1.807, 2.05) is 0 Å². The van der Waals surface area contributed by atoms with E-state index in [4.69, 9.17) is 0 Å². The highest BCUT2D eigenvalue weighted by atomic mass is 16.6. The molecule has 2 aliphatic carbocycles. The molecule has 1 aromatic rings. The van der Waals surface area contributed by atoms with Crippen LogP contribution >= 0.6 is 0 Å². The fourth-order valence-corrected chi connectivity index (χ4v) is 3.88. The summed E-state index contributed by atoms with van der Waals surface area (Å²) in [4.78, 5) is 14.7. The van der Waals surface area contributed by atoms with Gasteiger partial charge in [-0.15, -0.1) is 0 Å². The van der Waals surface area contributed by atoms with E-state index in [2.05, 4.69) is 17.2 Å². The SMILES string of the molecule is C[C@H](Nc1ncccc1[N+](=O)[O-])[C@@H]1C[C@H]2CC[C@H]1C2. The number of rotatable bonds is 4. The van der Waals surface area contributed by atoms with E-state index in [0.717, 1.165) is 11.8 Å². The van der Waals surface area contributed by atoms with E-state index in [-0.39, 0.29) is 16.7 Å². The standard InChI is InChI=1S/C14H19N3O2/c1-9(12-8-10-4-5-11(12)7-10)16-14-13(17(18)19)3-2-6-15-14/h2-3,6,9-12H,4-5,7-8H2,1H3,(H,15,16)/t9-,10-,11-,12-/m0/s1. The molecule has 1 N–H and O–H groups in total. The molecule has 0 spiro atoms. The molecule has 0 radical (unpaired) electrons. The molecule has 0 aliphatic heterocycles. The summed E-state index contributed by atoms with van der Waals surface area (Å²) >= 11 is 0. The van der Waals surface area contributed by atoms with Crippen LogP contribution in [0.25, 0.3) is 0 Å². The highest BCUT2D eigenvalue weighted by Crippen LogP contribution is 2.49. The third-order valence-electron chi connectivity index (χ3n) is 4.78. The highest BCUT2D eigenvalue weighted by Gasteiger charge is 2.42. The average Bonchev–Trinajstić information content (AvgIpc) is 3.01. The molecule has 5 heteroatoms. The van der Waals surface area contributed by atoms with Gasteiger partial charge in [-0.2, -0.15) is 0 Å². The lowest BCUT2D eigenvalue weighted by Crippen LogP contribution is -2.30. The van der Waals surface area contributed by atoms with Gasteiger partial charge in [0.1, 0.15) is 0 Å². The van der Waals surface area contributed by atoms with Gasteiger partial charge < -0.3 is 5.32 Å². The predicted octanol–water partition coefficient (Wildman–Crippen LogP) is 3.23. The van der Waals surface area contributed by atoms with Crippen molar-refractivity contribution in [2.75, 3.05) is 5.32 Å². The second-order valence-corrected chi connectivity index (χ2v) is 5.90. The van der Waals surface area contributed by atoms with Crippen LogP contribution in [-0.4, -0.2) is 15.9 Å². The Morgan fingerprint density at radius 2 is 2.32 bits per heavy atom. The third kappa shape index (κ3) is 2.29. The number of nitro groups is 1. The van der Waals surface area contributed by atoms with Crippen molar-refractivity contribution < 1.29 is 4.92 Å². The Bertz CT molecular complexity index is 491. The number of fused-ring (bicyclic) bond motifs is 2. The van der Waals surface area contributed by atoms with E-state index in [1.165, 1.54) is 31.7 Å². The zero-order valence-electron chi connectivity index (χ0n) is 11.1. The fourth-order valence-electron chi connectivity index (χ4n) is 3.88. The summed E-state index contributed by atoms with van der Waals surface area (Å²) < 4.78 is 0. The first kappa shape index (κ1) is 12.4. The fraction of sp³-hybridized carbons (Fsp3) is 0.643. The monoisotopic (exact) mass is 261 g/mol. The Balaban J connectivity index is 1.73. The quantitative estimate of drug-likeness (QED) is 0.667. The third-order valence-corrected chi connectivity index (χ3v) is 4.78. The van der Waals surface area contributed by atoms with E-state index >= 15 is 0 Å². The van der Waals surface area contributed by atoms with Gasteiger partial charge in [0.05, 0.1) is 4.92 Å². The second-order valence-electron chi connectivity index (χ2n) is 5.90. The first-order valence-corrected chi connectivity index (χ1v) is 7.01. The zero-order valence-corrected chi connectivity index (χ0v) is 11.1. The van der Waals surface area contributed by atoms with Gasteiger partial charge in [0.15, 0.2) is 0 Å². The number of pyridine rings is 1. The number of nitrogens with zero attached hydrogens (tertiary/aromatic N) is 2. The molecule has 2 aliphatic rings. The normalized spacial score (nSPS) is 30.3. The lowest BCUT2D eigenvalue weighted by atomic mass is 9.84. The summed E-state index contributed by atoms with van der Waals surface area (Å²) in [6.07, 6.45) is 6.91. The van der Waals surface area contributed by atoms with Gasteiger partial charge in [0, 0.05) is 18.3 Å². The molecule has 2 saturated carbocycles. The Morgan fingerprint density at radius 1 is 1.47 bits per heavy atom. The summed E-state index contributed by atoms with van der Waals surface area (Å²) in [7, 11) is 0. The van der Waals surface area contributed by atoms with Crippen molar-refractivity contribution in [3.63, 3.8) is 0 Å². The van der Waals surface area contributed by atoms with Gasteiger partial charge in [-0.1, -0.05) is 6.42 Å². The molecule has 0 saturated heterocycles. The second kappa shape index (κ2) is 4.79.